The first-order chi connectivity index (χ1) is 10.3. The quantitative estimate of drug-likeness (QED) is 0.792. The third kappa shape index (κ3) is 3.59. The third-order valence-electron chi connectivity index (χ3n) is 5.73. The first-order valence-electron chi connectivity index (χ1n) is 8.98. The van der Waals surface area contributed by atoms with Crippen LogP contribution in [0.15, 0.2) is 0 Å². The van der Waals surface area contributed by atoms with Crippen molar-refractivity contribution in [2.75, 3.05) is 39.8 Å². The Kier molecular flexibility index (Phi) is 5.17. The minimum atomic E-state index is 0.406. The van der Waals surface area contributed by atoms with E-state index < -0.39 is 0 Å². The monoisotopic (exact) mass is 293 g/mol. The van der Waals surface area contributed by atoms with Gasteiger partial charge >= 0.3 is 0 Å². The second kappa shape index (κ2) is 7.10. The number of hydrogen-bond donors (Lipinski definition) is 0. The zero-order chi connectivity index (χ0) is 14.7. The van der Waals surface area contributed by atoms with Gasteiger partial charge in [0.05, 0.1) is 0 Å². The molecule has 0 aliphatic carbocycles. The van der Waals surface area contributed by atoms with E-state index in [2.05, 4.69) is 21.7 Å². The Morgan fingerprint density at radius 2 is 1.62 bits per heavy atom. The molecule has 0 saturated carbocycles. The fraction of sp³-hybridized carbons (Fsp3) is 0.941. The number of carbonyl (C=O) groups excluding carboxylic acids is 1. The van der Waals surface area contributed by atoms with E-state index in [-0.39, 0.29) is 0 Å². The molecule has 4 heteroatoms. The van der Waals surface area contributed by atoms with Crippen molar-refractivity contribution < 1.29 is 4.79 Å². The van der Waals surface area contributed by atoms with Gasteiger partial charge in [0.25, 0.3) is 0 Å². The molecular weight excluding hydrogens is 262 g/mol. The summed E-state index contributed by atoms with van der Waals surface area (Å²) in [5.41, 5.74) is 0. The van der Waals surface area contributed by atoms with Crippen molar-refractivity contribution in [3.8, 4) is 0 Å². The fourth-order valence-corrected chi connectivity index (χ4v) is 4.50. The maximum atomic E-state index is 12.6. The van der Waals surface area contributed by atoms with Crippen molar-refractivity contribution in [2.45, 2.75) is 63.5 Å². The second-order valence-corrected chi connectivity index (χ2v) is 7.14. The minimum absolute atomic E-state index is 0.406. The highest BCUT2D eigenvalue weighted by molar-refractivity contribution is 5.77. The molecule has 0 aromatic carbocycles. The van der Waals surface area contributed by atoms with E-state index in [0.717, 1.165) is 19.5 Å². The summed E-state index contributed by atoms with van der Waals surface area (Å²) < 4.78 is 0. The Balaban J connectivity index is 1.50. The van der Waals surface area contributed by atoms with Crippen LogP contribution in [0.25, 0.3) is 0 Å². The first kappa shape index (κ1) is 15.3. The molecule has 4 nitrogen and oxygen atoms in total. The average molecular weight is 293 g/mol. The fourth-order valence-electron chi connectivity index (χ4n) is 4.50. The molecule has 120 valence electrons. The predicted molar refractivity (Wildman–Crippen MR) is 85.3 cm³/mol. The van der Waals surface area contributed by atoms with Gasteiger partial charge in [0.1, 0.15) is 0 Å². The number of amides is 1. The largest absolute Gasteiger partial charge is 0.338 e. The summed E-state index contributed by atoms with van der Waals surface area (Å²) in [4.78, 5) is 19.8. The molecule has 0 radical (unpaired) electrons. The molecule has 2 atom stereocenters. The minimum Gasteiger partial charge on any atom is -0.338 e. The number of likely N-dealkylation sites (tertiary alicyclic amines) is 3. The lowest BCUT2D eigenvalue weighted by molar-refractivity contribution is -0.133. The van der Waals surface area contributed by atoms with Crippen molar-refractivity contribution >= 4 is 5.91 Å². The zero-order valence-corrected chi connectivity index (χ0v) is 13.6. The molecule has 0 unspecified atom stereocenters. The Labute approximate surface area is 129 Å². The van der Waals surface area contributed by atoms with Crippen LogP contribution in [0, 0.1) is 0 Å². The van der Waals surface area contributed by atoms with Crippen molar-refractivity contribution in [3.05, 3.63) is 0 Å². The maximum absolute atomic E-state index is 12.6. The standard InChI is InChI=1S/C17H31N3O/c1-18-10-5-7-15(18)16-8-6-13-20(16)17(21)9-14-19-11-3-2-4-12-19/h15-16H,2-14H2,1H3/t15-,16+/m0/s1. The van der Waals surface area contributed by atoms with E-state index >= 15 is 0 Å². The molecule has 0 N–H and O–H groups in total. The van der Waals surface area contributed by atoms with Gasteiger partial charge in [-0.2, -0.15) is 0 Å². The van der Waals surface area contributed by atoms with Crippen LogP contribution in [0.4, 0.5) is 0 Å². The molecule has 3 aliphatic rings. The molecule has 0 aromatic rings. The highest BCUT2D eigenvalue weighted by Gasteiger charge is 2.38. The van der Waals surface area contributed by atoms with E-state index in [0.29, 0.717) is 18.0 Å². The van der Waals surface area contributed by atoms with Crippen molar-refractivity contribution in [2.24, 2.45) is 0 Å². The van der Waals surface area contributed by atoms with Crippen LogP contribution in [0.1, 0.15) is 51.4 Å². The summed E-state index contributed by atoms with van der Waals surface area (Å²) in [7, 11) is 2.23. The van der Waals surface area contributed by atoms with Crippen molar-refractivity contribution in [3.63, 3.8) is 0 Å². The Morgan fingerprint density at radius 1 is 0.905 bits per heavy atom. The number of piperidine rings is 1. The summed E-state index contributed by atoms with van der Waals surface area (Å²) in [6.45, 7) is 5.57. The Morgan fingerprint density at radius 3 is 2.33 bits per heavy atom. The van der Waals surface area contributed by atoms with Crippen LogP contribution >= 0.6 is 0 Å². The lowest BCUT2D eigenvalue weighted by Crippen LogP contribution is -2.47. The SMILES string of the molecule is CN1CCC[C@H]1[C@H]1CCCN1C(=O)CCN1CCCCC1. The predicted octanol–water partition coefficient (Wildman–Crippen LogP) is 1.95. The lowest BCUT2D eigenvalue weighted by Gasteiger charge is -2.34. The molecule has 21 heavy (non-hydrogen) atoms. The summed E-state index contributed by atoms with van der Waals surface area (Å²) in [5, 5.41) is 0. The highest BCUT2D eigenvalue weighted by Crippen LogP contribution is 2.29. The summed E-state index contributed by atoms with van der Waals surface area (Å²) in [5.74, 6) is 0.406. The van der Waals surface area contributed by atoms with Gasteiger partial charge in [-0.25, -0.2) is 0 Å². The molecule has 3 aliphatic heterocycles. The first-order valence-corrected chi connectivity index (χ1v) is 8.98. The smallest absolute Gasteiger partial charge is 0.224 e. The van der Waals surface area contributed by atoms with Gasteiger partial charge in [0.15, 0.2) is 0 Å². The van der Waals surface area contributed by atoms with E-state index in [1.807, 2.05) is 0 Å². The maximum Gasteiger partial charge on any atom is 0.224 e. The molecule has 0 aromatic heterocycles. The van der Waals surface area contributed by atoms with E-state index in [9.17, 15) is 4.79 Å². The van der Waals surface area contributed by atoms with Gasteiger partial charge in [-0.3, -0.25) is 4.79 Å². The van der Waals surface area contributed by atoms with Crippen LogP contribution in [0.3, 0.4) is 0 Å². The van der Waals surface area contributed by atoms with Crippen LogP contribution < -0.4 is 0 Å². The summed E-state index contributed by atoms with van der Waals surface area (Å²) in [6, 6.07) is 1.11. The molecular formula is C17H31N3O. The van der Waals surface area contributed by atoms with Gasteiger partial charge in [-0.15, -0.1) is 0 Å². The number of carbonyl (C=O) groups is 1. The van der Waals surface area contributed by atoms with Gasteiger partial charge in [-0.05, 0) is 65.2 Å². The number of rotatable bonds is 4. The Hall–Kier alpha value is -0.610. The Bertz CT molecular complexity index is 354. The third-order valence-corrected chi connectivity index (χ3v) is 5.73. The average Bonchev–Trinajstić information content (AvgIpc) is 3.14. The number of nitrogens with zero attached hydrogens (tertiary/aromatic N) is 3. The van der Waals surface area contributed by atoms with Gasteiger partial charge in [-0.1, -0.05) is 6.42 Å². The van der Waals surface area contributed by atoms with Crippen molar-refractivity contribution in [1.82, 2.24) is 14.7 Å². The van der Waals surface area contributed by atoms with Gasteiger partial charge in [0.2, 0.25) is 5.91 Å². The summed E-state index contributed by atoms with van der Waals surface area (Å²) >= 11 is 0. The van der Waals surface area contributed by atoms with Crippen molar-refractivity contribution in [1.29, 1.82) is 0 Å². The van der Waals surface area contributed by atoms with Gasteiger partial charge in [0, 0.05) is 31.6 Å². The van der Waals surface area contributed by atoms with Crippen LogP contribution in [0.5, 0.6) is 0 Å². The molecule has 3 saturated heterocycles. The topological polar surface area (TPSA) is 26.8 Å². The normalized spacial score (nSPS) is 32.0. The highest BCUT2D eigenvalue weighted by atomic mass is 16.2. The molecule has 3 rings (SSSR count). The van der Waals surface area contributed by atoms with E-state index in [1.165, 1.54) is 64.6 Å². The van der Waals surface area contributed by atoms with E-state index in [4.69, 9.17) is 0 Å². The molecule has 0 bridgehead atoms. The molecule has 0 spiro atoms. The second-order valence-electron chi connectivity index (χ2n) is 7.14. The zero-order valence-electron chi connectivity index (χ0n) is 13.6. The van der Waals surface area contributed by atoms with Gasteiger partial charge < -0.3 is 14.7 Å². The molecule has 3 heterocycles. The van der Waals surface area contributed by atoms with Crippen LogP contribution in [-0.4, -0.2) is 72.5 Å². The van der Waals surface area contributed by atoms with E-state index in [1.54, 1.807) is 0 Å². The summed E-state index contributed by atoms with van der Waals surface area (Å²) in [6.07, 6.45) is 9.71. The van der Waals surface area contributed by atoms with Crippen LogP contribution in [-0.2, 0) is 4.79 Å². The number of likely N-dealkylation sites (N-methyl/N-ethyl adjacent to an activating group) is 1. The van der Waals surface area contributed by atoms with Crippen LogP contribution in [0.2, 0.25) is 0 Å². The number of hydrogen-bond acceptors (Lipinski definition) is 3. The molecule has 3 fully saturated rings. The lowest BCUT2D eigenvalue weighted by atomic mass is 10.0. The molecule has 1 amide bonds.